The highest BCUT2D eigenvalue weighted by atomic mass is 79.9. The van der Waals surface area contributed by atoms with Crippen molar-refractivity contribution in [3.63, 3.8) is 0 Å². The monoisotopic (exact) mass is 323 g/mol. The highest BCUT2D eigenvalue weighted by molar-refractivity contribution is 9.10. The fourth-order valence-electron chi connectivity index (χ4n) is 2.16. The molecule has 1 aliphatic rings. The molecule has 0 bridgehead atoms. The van der Waals surface area contributed by atoms with Crippen LogP contribution in [0.15, 0.2) is 28.9 Å². The van der Waals surface area contributed by atoms with Gasteiger partial charge in [-0.3, -0.25) is 4.98 Å². The van der Waals surface area contributed by atoms with Crippen molar-refractivity contribution in [1.82, 2.24) is 4.98 Å². The first-order chi connectivity index (χ1) is 9.11. The molecule has 1 fully saturated rings. The van der Waals surface area contributed by atoms with E-state index in [-0.39, 0.29) is 5.97 Å². The Bertz CT molecular complexity index is 481. The average Bonchev–Trinajstić information content (AvgIpc) is 2.39. The van der Waals surface area contributed by atoms with Gasteiger partial charge in [0, 0.05) is 10.7 Å². The molecule has 2 rings (SSSR count). The molecular weight excluding hydrogens is 306 g/mol. The fourth-order valence-corrected chi connectivity index (χ4v) is 2.39. The Morgan fingerprint density at radius 1 is 1.53 bits per heavy atom. The second kappa shape index (κ2) is 6.33. The fraction of sp³-hybridized carbons (Fsp3) is 0.467. The lowest BCUT2D eigenvalue weighted by Gasteiger charge is -2.31. The number of esters is 1. The number of aromatic nitrogens is 1. The minimum atomic E-state index is -0.281. The van der Waals surface area contributed by atoms with Crippen LogP contribution in [0.3, 0.4) is 0 Å². The Hall–Kier alpha value is -1.16. The van der Waals surface area contributed by atoms with Crippen molar-refractivity contribution in [3.05, 3.63) is 34.6 Å². The number of pyridine rings is 1. The number of halogens is 1. The van der Waals surface area contributed by atoms with Crippen LogP contribution in [-0.4, -0.2) is 17.6 Å². The summed E-state index contributed by atoms with van der Waals surface area (Å²) in [5.41, 5.74) is 1.27. The summed E-state index contributed by atoms with van der Waals surface area (Å²) in [5.74, 6) is 0.821. The van der Waals surface area contributed by atoms with Crippen molar-refractivity contribution in [1.29, 1.82) is 0 Å². The molecule has 0 radical (unpaired) electrons. The van der Waals surface area contributed by atoms with Gasteiger partial charge < -0.3 is 4.74 Å². The Balaban J connectivity index is 2.28. The van der Waals surface area contributed by atoms with E-state index in [1.54, 1.807) is 6.20 Å². The predicted octanol–water partition coefficient (Wildman–Crippen LogP) is 3.84. The summed E-state index contributed by atoms with van der Waals surface area (Å²) in [6.45, 7) is 4.41. The van der Waals surface area contributed by atoms with Crippen LogP contribution in [-0.2, 0) is 9.53 Å². The van der Waals surface area contributed by atoms with E-state index in [4.69, 9.17) is 4.74 Å². The second-order valence-corrected chi connectivity index (χ2v) is 5.80. The highest BCUT2D eigenvalue weighted by Crippen LogP contribution is 2.36. The molecule has 0 amide bonds. The summed E-state index contributed by atoms with van der Waals surface area (Å²) in [7, 11) is 0. The molecule has 1 heterocycles. The summed E-state index contributed by atoms with van der Waals surface area (Å²) in [6.07, 6.45) is 6.10. The molecule has 4 heteroatoms. The minimum Gasteiger partial charge on any atom is -0.462 e. The van der Waals surface area contributed by atoms with Crippen LogP contribution >= 0.6 is 15.9 Å². The van der Waals surface area contributed by atoms with Gasteiger partial charge in [-0.15, -0.1) is 0 Å². The molecule has 2 unspecified atom stereocenters. The van der Waals surface area contributed by atoms with Crippen molar-refractivity contribution < 1.29 is 9.53 Å². The average molecular weight is 324 g/mol. The van der Waals surface area contributed by atoms with Crippen molar-refractivity contribution >= 4 is 27.5 Å². The molecule has 2 atom stereocenters. The first-order valence-electron chi connectivity index (χ1n) is 6.62. The molecule has 0 N–H and O–H groups in total. The molecule has 0 spiro atoms. The normalized spacial score (nSPS) is 22.8. The number of hydrogen-bond acceptors (Lipinski definition) is 3. The number of hydrogen-bond donors (Lipinski definition) is 0. The van der Waals surface area contributed by atoms with E-state index in [1.807, 2.05) is 25.1 Å². The summed E-state index contributed by atoms with van der Waals surface area (Å²) >= 11 is 3.35. The summed E-state index contributed by atoms with van der Waals surface area (Å²) < 4.78 is 6.03. The molecular formula is C15H18BrNO2. The molecule has 102 valence electrons. The summed E-state index contributed by atoms with van der Waals surface area (Å²) in [5, 5.41) is 0. The van der Waals surface area contributed by atoms with E-state index in [1.165, 1.54) is 6.42 Å². The summed E-state index contributed by atoms with van der Waals surface area (Å²) in [6, 6.07) is 3.73. The zero-order valence-corrected chi connectivity index (χ0v) is 12.8. The molecule has 3 nitrogen and oxygen atoms in total. The van der Waals surface area contributed by atoms with E-state index >= 15 is 0 Å². The third-order valence-electron chi connectivity index (χ3n) is 3.57. The molecule has 1 aromatic heterocycles. The minimum absolute atomic E-state index is 0.281. The lowest BCUT2D eigenvalue weighted by Crippen LogP contribution is -2.22. The number of allylic oxidation sites excluding steroid dienone is 1. The third kappa shape index (κ3) is 3.44. The van der Waals surface area contributed by atoms with Gasteiger partial charge in [-0.25, -0.2) is 4.79 Å². The maximum atomic E-state index is 12.1. The van der Waals surface area contributed by atoms with Crippen LogP contribution in [0.1, 0.15) is 32.4 Å². The molecule has 0 saturated heterocycles. The maximum absolute atomic E-state index is 12.1. The molecule has 1 aromatic rings. The molecule has 0 aromatic carbocycles. The lowest BCUT2D eigenvalue weighted by molar-refractivity contribution is -0.136. The molecule has 19 heavy (non-hydrogen) atoms. The van der Waals surface area contributed by atoms with Crippen LogP contribution < -0.4 is 0 Å². The smallest absolute Gasteiger partial charge is 0.340 e. The van der Waals surface area contributed by atoms with Gasteiger partial charge in [0.25, 0.3) is 0 Å². The van der Waals surface area contributed by atoms with Crippen LogP contribution in [0.4, 0.5) is 0 Å². The third-order valence-corrected chi connectivity index (χ3v) is 4.03. The van der Waals surface area contributed by atoms with Gasteiger partial charge in [0.1, 0.15) is 0 Å². The van der Waals surface area contributed by atoms with Gasteiger partial charge in [-0.1, -0.05) is 13.0 Å². The number of rotatable bonds is 4. The quantitative estimate of drug-likeness (QED) is 0.624. The van der Waals surface area contributed by atoms with Gasteiger partial charge in [0.2, 0.25) is 0 Å². The largest absolute Gasteiger partial charge is 0.462 e. The van der Waals surface area contributed by atoms with E-state index < -0.39 is 0 Å². The van der Waals surface area contributed by atoms with Crippen LogP contribution in [0.25, 0.3) is 5.57 Å². The van der Waals surface area contributed by atoms with Crippen molar-refractivity contribution in [2.75, 3.05) is 6.61 Å². The standard InChI is InChI=1S/C15H18BrNO2/c1-3-19-15(18)13(8-11-5-4-10(11)2)14-7-6-12(16)9-17-14/h6-11H,3-5H2,1-2H3/b13-8-. The molecule has 1 aliphatic carbocycles. The Labute approximate surface area is 122 Å². The Morgan fingerprint density at radius 3 is 2.79 bits per heavy atom. The van der Waals surface area contributed by atoms with Crippen LogP contribution in [0.2, 0.25) is 0 Å². The van der Waals surface area contributed by atoms with Crippen molar-refractivity contribution in [2.24, 2.45) is 11.8 Å². The van der Waals surface area contributed by atoms with Gasteiger partial charge in [-0.2, -0.15) is 0 Å². The lowest BCUT2D eigenvalue weighted by atomic mass is 9.74. The zero-order chi connectivity index (χ0) is 13.8. The van der Waals surface area contributed by atoms with Crippen LogP contribution in [0, 0.1) is 11.8 Å². The molecule has 1 saturated carbocycles. The van der Waals surface area contributed by atoms with Crippen molar-refractivity contribution in [2.45, 2.75) is 26.7 Å². The molecule has 0 aliphatic heterocycles. The van der Waals surface area contributed by atoms with E-state index in [0.717, 1.165) is 10.9 Å². The Morgan fingerprint density at radius 2 is 2.32 bits per heavy atom. The topological polar surface area (TPSA) is 39.2 Å². The highest BCUT2D eigenvalue weighted by Gasteiger charge is 2.27. The van der Waals surface area contributed by atoms with Gasteiger partial charge in [-0.05, 0) is 59.7 Å². The first-order valence-corrected chi connectivity index (χ1v) is 7.42. The number of carbonyl (C=O) groups excluding carboxylic acids is 1. The number of carbonyl (C=O) groups is 1. The zero-order valence-electron chi connectivity index (χ0n) is 11.2. The first kappa shape index (κ1) is 14.3. The van der Waals surface area contributed by atoms with Gasteiger partial charge in [0.05, 0.1) is 17.9 Å². The number of ether oxygens (including phenoxy) is 1. The van der Waals surface area contributed by atoms with Crippen molar-refractivity contribution in [3.8, 4) is 0 Å². The summed E-state index contributed by atoms with van der Waals surface area (Å²) in [4.78, 5) is 16.4. The van der Waals surface area contributed by atoms with E-state index in [9.17, 15) is 4.79 Å². The van der Waals surface area contributed by atoms with Gasteiger partial charge in [0.15, 0.2) is 0 Å². The Kier molecular flexibility index (Phi) is 4.75. The predicted molar refractivity (Wildman–Crippen MR) is 78.4 cm³/mol. The maximum Gasteiger partial charge on any atom is 0.340 e. The van der Waals surface area contributed by atoms with E-state index in [2.05, 4.69) is 27.8 Å². The number of nitrogens with zero attached hydrogens (tertiary/aromatic N) is 1. The van der Waals surface area contributed by atoms with Gasteiger partial charge >= 0.3 is 5.97 Å². The second-order valence-electron chi connectivity index (χ2n) is 4.88. The van der Waals surface area contributed by atoms with E-state index in [0.29, 0.717) is 29.7 Å². The van der Waals surface area contributed by atoms with Crippen LogP contribution in [0.5, 0.6) is 0 Å². The SMILES string of the molecule is CCOC(=O)/C(=C\C1CCC1C)c1ccc(Br)cn1.